The number of nitrogens with one attached hydrogen (secondary N) is 6. The number of hydrogen-bond acceptors (Lipinski definition) is 9. The standard InChI is InChI=1S/C65H83N9O7/c1-40(66-9)57(75)70-55(64(3,4)5)62(80)73-38-49-22-14-13-21-48(49)35-54(73)61(79)72(33-32-42-26-29-44-18-11-12-20-47(44)34-42)37-43-27-30-46(31-28-43)59(77)68-50-36-53(60(78)69-52-25-17-23-45-19-15-16-24-51(45)52)74(39-50)63(81)56(65(6,7)8)71-58(76)41(2)67-10/h11-16,18-22,24,26-31,34,40-41,50,52-56,66-67H,17,23,25,32-33,35-39H2,1-10H3,(H,68,77)(H,69,78)(H,70,75)(H,71,76)/t40-,41-,50-,52+,53-,54-,55+,56+/m0/s1. The Morgan fingerprint density at radius 3 is 1.83 bits per heavy atom. The van der Waals surface area contributed by atoms with E-state index in [0.717, 1.165) is 57.9 Å². The summed E-state index contributed by atoms with van der Waals surface area (Å²) in [7, 11) is 3.36. The number of likely N-dealkylation sites (N-methyl/N-ethyl adjacent to an activating group) is 2. The largest absolute Gasteiger partial charge is 0.347 e. The smallest absolute Gasteiger partial charge is 0.251 e. The summed E-state index contributed by atoms with van der Waals surface area (Å²) in [5.41, 5.74) is 4.89. The van der Waals surface area contributed by atoms with Gasteiger partial charge in [-0.1, -0.05) is 145 Å². The Labute approximate surface area is 477 Å². The van der Waals surface area contributed by atoms with Crippen molar-refractivity contribution in [1.29, 1.82) is 0 Å². The topological polar surface area (TPSA) is 201 Å². The molecular formula is C65H83N9O7. The molecule has 0 aromatic heterocycles. The van der Waals surface area contributed by atoms with Crippen molar-refractivity contribution in [2.75, 3.05) is 27.2 Å². The van der Waals surface area contributed by atoms with E-state index in [1.54, 1.807) is 49.9 Å². The number of carbonyl (C=O) groups excluding carboxylic acids is 7. The number of nitrogens with zero attached hydrogens (tertiary/aromatic N) is 3. The molecule has 81 heavy (non-hydrogen) atoms. The van der Waals surface area contributed by atoms with Crippen LogP contribution < -0.4 is 31.9 Å². The van der Waals surface area contributed by atoms with Crippen LogP contribution in [-0.2, 0) is 61.1 Å². The highest BCUT2D eigenvalue weighted by atomic mass is 16.2. The molecule has 8 rings (SSSR count). The molecule has 0 unspecified atom stereocenters. The molecule has 6 N–H and O–H groups in total. The van der Waals surface area contributed by atoms with Crippen LogP contribution in [0.4, 0.5) is 0 Å². The lowest BCUT2D eigenvalue weighted by Gasteiger charge is -2.42. The van der Waals surface area contributed by atoms with Gasteiger partial charge in [-0.05, 0) is 127 Å². The minimum absolute atomic E-state index is 0.0450. The maximum atomic E-state index is 15.5. The van der Waals surface area contributed by atoms with Crippen molar-refractivity contribution in [2.45, 2.75) is 155 Å². The molecule has 430 valence electrons. The van der Waals surface area contributed by atoms with Crippen LogP contribution in [0.2, 0.25) is 0 Å². The van der Waals surface area contributed by atoms with E-state index in [1.165, 1.54) is 10.5 Å². The normalized spacial score (nSPS) is 19.5. The lowest BCUT2D eigenvalue weighted by molar-refractivity contribution is -0.151. The van der Waals surface area contributed by atoms with Crippen molar-refractivity contribution in [3.8, 4) is 0 Å². The summed E-state index contributed by atoms with van der Waals surface area (Å²) < 4.78 is 0. The van der Waals surface area contributed by atoms with Gasteiger partial charge in [0.2, 0.25) is 35.4 Å². The Bertz CT molecular complexity index is 3110. The second-order valence-corrected chi connectivity index (χ2v) is 24.5. The Morgan fingerprint density at radius 2 is 1.20 bits per heavy atom. The van der Waals surface area contributed by atoms with E-state index >= 15 is 9.59 Å². The first-order valence-corrected chi connectivity index (χ1v) is 28.7. The van der Waals surface area contributed by atoms with Crippen molar-refractivity contribution >= 4 is 52.1 Å². The summed E-state index contributed by atoms with van der Waals surface area (Å²) in [5.74, 6) is -2.37. The van der Waals surface area contributed by atoms with Crippen LogP contribution in [-0.4, -0.2) is 126 Å². The lowest BCUT2D eigenvalue weighted by Crippen LogP contribution is -2.62. The van der Waals surface area contributed by atoms with Crippen molar-refractivity contribution < 1.29 is 33.6 Å². The van der Waals surface area contributed by atoms with Gasteiger partial charge in [-0.3, -0.25) is 33.6 Å². The van der Waals surface area contributed by atoms with Gasteiger partial charge >= 0.3 is 0 Å². The molecule has 16 heteroatoms. The molecule has 3 aliphatic rings. The molecule has 2 aliphatic heterocycles. The fourth-order valence-corrected chi connectivity index (χ4v) is 11.4. The molecule has 1 fully saturated rings. The number of rotatable bonds is 18. The third kappa shape index (κ3) is 14.2. The SMILES string of the molecule is CN[C@@H](C)C(=O)N[C@H](C(=O)N1C[C@@H](NC(=O)c2ccc(CN(CCc3ccc4ccccc4c3)C(=O)[C@@H]3Cc4ccccc4CN3C(=O)[C@@H](NC(=O)[C@H](C)NC)C(C)(C)C)cc2)C[C@H]1C(=O)N[C@@H]1CCCc2ccccc21)C(C)(C)C. The minimum Gasteiger partial charge on any atom is -0.347 e. The highest BCUT2D eigenvalue weighted by Gasteiger charge is 2.47. The van der Waals surface area contributed by atoms with Gasteiger partial charge < -0.3 is 46.6 Å². The number of likely N-dealkylation sites (tertiary alicyclic amines) is 1. The molecule has 2 heterocycles. The zero-order chi connectivity index (χ0) is 58.3. The predicted octanol–water partition coefficient (Wildman–Crippen LogP) is 6.54. The second kappa shape index (κ2) is 25.6. The maximum Gasteiger partial charge on any atom is 0.251 e. The van der Waals surface area contributed by atoms with Crippen LogP contribution in [0.1, 0.15) is 124 Å². The highest BCUT2D eigenvalue weighted by molar-refractivity contribution is 5.97. The van der Waals surface area contributed by atoms with Crippen LogP contribution in [0.25, 0.3) is 10.8 Å². The molecule has 5 aromatic rings. The average Bonchev–Trinajstić information content (AvgIpc) is 4.03. The number of amides is 7. The summed E-state index contributed by atoms with van der Waals surface area (Å²) in [6.07, 6.45) is 3.54. The van der Waals surface area contributed by atoms with Crippen LogP contribution in [0.15, 0.2) is 115 Å². The number of aryl methyl sites for hydroxylation is 1. The zero-order valence-corrected chi connectivity index (χ0v) is 48.9. The van der Waals surface area contributed by atoms with Crippen molar-refractivity contribution in [2.24, 2.45) is 10.8 Å². The molecule has 0 bridgehead atoms. The highest BCUT2D eigenvalue weighted by Crippen LogP contribution is 2.33. The first kappa shape index (κ1) is 59.7. The van der Waals surface area contributed by atoms with E-state index in [2.05, 4.69) is 68.3 Å². The van der Waals surface area contributed by atoms with Gasteiger partial charge in [0, 0.05) is 44.2 Å². The fraction of sp³-hybridized carbons (Fsp3) is 0.462. The quantitative estimate of drug-likeness (QED) is 0.0564. The van der Waals surface area contributed by atoms with Gasteiger partial charge in [-0.2, -0.15) is 0 Å². The van der Waals surface area contributed by atoms with Crippen LogP contribution in [0.5, 0.6) is 0 Å². The van der Waals surface area contributed by atoms with Crippen LogP contribution in [0.3, 0.4) is 0 Å². The van der Waals surface area contributed by atoms with E-state index < -0.39 is 64.9 Å². The van der Waals surface area contributed by atoms with Crippen LogP contribution in [0, 0.1) is 10.8 Å². The monoisotopic (exact) mass is 1100 g/mol. The minimum atomic E-state index is -0.967. The molecule has 1 saturated heterocycles. The van der Waals surface area contributed by atoms with E-state index in [0.29, 0.717) is 18.5 Å². The molecule has 0 saturated carbocycles. The van der Waals surface area contributed by atoms with E-state index in [4.69, 9.17) is 0 Å². The summed E-state index contributed by atoms with van der Waals surface area (Å²) in [6, 6.07) is 31.8. The number of benzene rings is 5. The van der Waals surface area contributed by atoms with Crippen molar-refractivity contribution in [3.63, 3.8) is 0 Å². The summed E-state index contributed by atoms with van der Waals surface area (Å²) in [4.78, 5) is 106. The Kier molecular flexibility index (Phi) is 18.8. The van der Waals surface area contributed by atoms with Gasteiger partial charge in [0.1, 0.15) is 24.2 Å². The molecule has 1 aliphatic carbocycles. The molecular weight excluding hydrogens is 1020 g/mol. The summed E-state index contributed by atoms with van der Waals surface area (Å²) in [6.45, 7) is 15.5. The Balaban J connectivity index is 1.04. The zero-order valence-electron chi connectivity index (χ0n) is 48.9. The lowest BCUT2D eigenvalue weighted by atomic mass is 9.84. The maximum absolute atomic E-state index is 15.5. The van der Waals surface area contributed by atoms with Gasteiger partial charge in [0.05, 0.1) is 18.1 Å². The van der Waals surface area contributed by atoms with Crippen molar-refractivity contribution in [3.05, 3.63) is 154 Å². The molecule has 0 spiro atoms. The van der Waals surface area contributed by atoms with Gasteiger partial charge in [-0.15, -0.1) is 0 Å². The Hall–Kier alpha value is -7.43. The van der Waals surface area contributed by atoms with E-state index in [1.807, 2.05) is 108 Å². The third-order valence-corrected chi connectivity index (χ3v) is 16.6. The number of hydrogen-bond donors (Lipinski definition) is 6. The van der Waals surface area contributed by atoms with Gasteiger partial charge in [0.25, 0.3) is 5.91 Å². The Morgan fingerprint density at radius 1 is 0.630 bits per heavy atom. The summed E-state index contributed by atoms with van der Waals surface area (Å²) >= 11 is 0. The van der Waals surface area contributed by atoms with Gasteiger partial charge in [0.15, 0.2) is 0 Å². The molecule has 0 radical (unpaired) electrons. The molecule has 7 amide bonds. The third-order valence-electron chi connectivity index (χ3n) is 16.6. The number of fused-ring (bicyclic) bond motifs is 3. The fourth-order valence-electron chi connectivity index (χ4n) is 11.4. The first-order valence-electron chi connectivity index (χ1n) is 28.7. The summed E-state index contributed by atoms with van der Waals surface area (Å²) in [5, 5.41) is 20.4. The van der Waals surface area contributed by atoms with Crippen molar-refractivity contribution in [1.82, 2.24) is 46.6 Å². The van der Waals surface area contributed by atoms with E-state index in [-0.39, 0.29) is 68.1 Å². The first-order chi connectivity index (χ1) is 38.5. The molecule has 16 nitrogen and oxygen atoms in total. The van der Waals surface area contributed by atoms with Gasteiger partial charge in [-0.25, -0.2) is 0 Å². The molecule has 8 atom stereocenters. The van der Waals surface area contributed by atoms with Crippen LogP contribution >= 0.6 is 0 Å². The predicted molar refractivity (Wildman–Crippen MR) is 315 cm³/mol. The average molecular weight is 1100 g/mol. The molecule has 5 aromatic carbocycles. The number of carbonyl (C=O) groups is 7. The second-order valence-electron chi connectivity index (χ2n) is 24.5. The van der Waals surface area contributed by atoms with E-state index in [9.17, 15) is 24.0 Å².